The summed E-state index contributed by atoms with van der Waals surface area (Å²) in [6.45, 7) is 3.63. The first-order valence-electron chi connectivity index (χ1n) is 15.3. The largest absolute Gasteiger partial charge is 0.463 e. The highest BCUT2D eigenvalue weighted by Gasteiger charge is 2.33. The number of hydrogen-bond acceptors (Lipinski definition) is 5. The summed E-state index contributed by atoms with van der Waals surface area (Å²) in [5.74, 6) is -0.971. The Hall–Kier alpha value is -5.60. The number of aromatic nitrogens is 2. The minimum Gasteiger partial charge on any atom is -0.463 e. The summed E-state index contributed by atoms with van der Waals surface area (Å²) >= 11 is 1.26. The number of hydrogen-bond donors (Lipinski definition) is 0. The Labute approximate surface area is 274 Å². The van der Waals surface area contributed by atoms with Gasteiger partial charge in [0.05, 0.1) is 39.8 Å². The zero-order valence-electron chi connectivity index (χ0n) is 25.8. The van der Waals surface area contributed by atoms with E-state index in [1.54, 1.807) is 26.0 Å². The Morgan fingerprint density at radius 2 is 1.51 bits per heavy atom. The molecule has 47 heavy (non-hydrogen) atoms. The van der Waals surface area contributed by atoms with Crippen LogP contribution in [0.4, 0.5) is 4.39 Å². The fourth-order valence-corrected chi connectivity index (χ4v) is 7.13. The second-order valence-electron chi connectivity index (χ2n) is 11.1. The molecule has 1 aliphatic heterocycles. The molecule has 0 N–H and O–H groups in total. The van der Waals surface area contributed by atoms with Crippen LogP contribution < -0.4 is 14.9 Å². The number of benzene rings is 4. The maximum atomic E-state index is 14.4. The predicted octanol–water partition coefficient (Wildman–Crippen LogP) is 7.06. The molecule has 3 heterocycles. The van der Waals surface area contributed by atoms with Crippen molar-refractivity contribution in [1.82, 2.24) is 9.13 Å². The molecule has 232 valence electrons. The van der Waals surface area contributed by atoms with Crippen LogP contribution in [-0.2, 0) is 9.53 Å². The molecular weight excluding hydrogens is 610 g/mol. The van der Waals surface area contributed by atoms with Crippen LogP contribution in [0.1, 0.15) is 31.0 Å². The van der Waals surface area contributed by atoms with Crippen LogP contribution in [0.15, 0.2) is 142 Å². The van der Waals surface area contributed by atoms with Crippen LogP contribution in [0.5, 0.6) is 0 Å². The Bertz CT molecular complexity index is 2300. The average molecular weight is 640 g/mol. The topological polar surface area (TPSA) is 65.6 Å². The third-order valence-electron chi connectivity index (χ3n) is 8.15. The van der Waals surface area contributed by atoms with E-state index >= 15 is 0 Å². The monoisotopic (exact) mass is 639 g/mol. The fraction of sp³-hybridized carbons (Fsp3) is 0.103. The third kappa shape index (κ3) is 5.57. The van der Waals surface area contributed by atoms with Crippen molar-refractivity contribution >= 4 is 23.4 Å². The molecule has 2 aromatic heterocycles. The average Bonchev–Trinajstić information content (AvgIpc) is 3.62. The van der Waals surface area contributed by atoms with E-state index in [0.29, 0.717) is 20.6 Å². The van der Waals surface area contributed by atoms with E-state index in [2.05, 4.69) is 47.0 Å². The number of esters is 1. The molecule has 0 aliphatic carbocycles. The van der Waals surface area contributed by atoms with Crippen LogP contribution in [0.25, 0.3) is 34.3 Å². The molecule has 0 bridgehead atoms. The van der Waals surface area contributed by atoms with E-state index < -0.39 is 17.8 Å². The standard InChI is InChI=1S/C39H30FN3O3S/c1-3-46-38(45)34-25(2)41-39-43(36(34)28-19-21-30(40)22-20-28)37(44)33(47-39)24-29-23-32(26-13-7-4-8-14-26)42(31-17-11-6-12-18-31)35(29)27-15-9-5-10-16-27/h4-24,36H,3H2,1-2H3/b33-24-/t36-/m1/s1. The first kappa shape index (κ1) is 30.1. The van der Waals surface area contributed by atoms with Crippen LogP contribution in [0.2, 0.25) is 0 Å². The number of allylic oxidation sites excluding steroid dienone is 1. The highest BCUT2D eigenvalue weighted by atomic mass is 32.1. The molecule has 0 fully saturated rings. The number of rotatable bonds is 7. The Kier molecular flexibility index (Phi) is 8.10. The zero-order valence-corrected chi connectivity index (χ0v) is 26.6. The molecule has 0 radical (unpaired) electrons. The molecule has 7 rings (SSSR count). The van der Waals surface area contributed by atoms with E-state index in [0.717, 1.165) is 33.8 Å². The lowest BCUT2D eigenvalue weighted by molar-refractivity contribution is -0.139. The molecule has 0 amide bonds. The maximum absolute atomic E-state index is 14.4. The molecule has 0 unspecified atom stereocenters. The fourth-order valence-electron chi connectivity index (χ4n) is 6.09. The number of halogens is 1. The summed E-state index contributed by atoms with van der Waals surface area (Å²) in [6.07, 6.45) is 1.91. The van der Waals surface area contributed by atoms with Crippen LogP contribution in [0.3, 0.4) is 0 Å². The van der Waals surface area contributed by atoms with E-state index in [1.165, 1.54) is 28.0 Å². The quantitative estimate of drug-likeness (QED) is 0.176. The van der Waals surface area contributed by atoms with Crippen molar-refractivity contribution < 1.29 is 13.9 Å². The summed E-state index contributed by atoms with van der Waals surface area (Å²) in [6, 6.07) is 37.5. The SMILES string of the molecule is CCOC(=O)C1=C(C)N=c2s/c(=C\c3cc(-c4ccccc4)n(-c4ccccc4)c3-c3ccccc3)c(=O)n2[C@@H]1c1ccc(F)cc1. The summed E-state index contributed by atoms with van der Waals surface area (Å²) in [4.78, 5) is 32.8. The zero-order chi connectivity index (χ0) is 32.5. The Morgan fingerprint density at radius 1 is 0.894 bits per heavy atom. The molecule has 6 aromatic rings. The lowest BCUT2D eigenvalue weighted by Crippen LogP contribution is -2.39. The number of fused-ring (bicyclic) bond motifs is 1. The van der Waals surface area contributed by atoms with E-state index in [9.17, 15) is 14.0 Å². The summed E-state index contributed by atoms with van der Waals surface area (Å²) in [5, 5.41) is 0. The molecular formula is C39H30FN3O3S. The molecule has 1 atom stereocenters. The molecule has 0 spiro atoms. The number of nitrogens with zero attached hydrogens (tertiary/aromatic N) is 3. The highest BCUT2D eigenvalue weighted by Crippen LogP contribution is 2.37. The van der Waals surface area contributed by atoms with Gasteiger partial charge in [-0.05, 0) is 66.9 Å². The lowest BCUT2D eigenvalue weighted by atomic mass is 9.96. The summed E-state index contributed by atoms with van der Waals surface area (Å²) in [5.41, 5.74) is 6.75. The third-order valence-corrected chi connectivity index (χ3v) is 9.13. The molecule has 1 aliphatic rings. The highest BCUT2D eigenvalue weighted by molar-refractivity contribution is 7.07. The molecule has 4 aromatic carbocycles. The normalized spacial score (nSPS) is 14.5. The summed E-state index contributed by atoms with van der Waals surface area (Å²) in [7, 11) is 0. The van der Waals surface area contributed by atoms with Crippen LogP contribution in [0, 0.1) is 5.82 Å². The number of carbonyl (C=O) groups excluding carboxylic acids is 1. The van der Waals surface area contributed by atoms with E-state index in [-0.39, 0.29) is 17.7 Å². The minimum absolute atomic E-state index is 0.167. The minimum atomic E-state index is -0.824. The van der Waals surface area contributed by atoms with Crippen molar-refractivity contribution in [3.8, 4) is 28.2 Å². The number of para-hydroxylation sites is 1. The van der Waals surface area contributed by atoms with Crippen molar-refractivity contribution in [3.63, 3.8) is 0 Å². The van der Waals surface area contributed by atoms with Gasteiger partial charge in [0.1, 0.15) is 5.82 Å². The second kappa shape index (κ2) is 12.7. The van der Waals surface area contributed by atoms with Crippen molar-refractivity contribution in [2.75, 3.05) is 6.61 Å². The van der Waals surface area contributed by atoms with Gasteiger partial charge in [0.15, 0.2) is 4.80 Å². The first-order chi connectivity index (χ1) is 22.9. The molecule has 0 saturated heterocycles. The van der Waals surface area contributed by atoms with Crippen molar-refractivity contribution in [2.24, 2.45) is 4.99 Å². The van der Waals surface area contributed by atoms with Gasteiger partial charge < -0.3 is 9.30 Å². The maximum Gasteiger partial charge on any atom is 0.338 e. The summed E-state index contributed by atoms with van der Waals surface area (Å²) < 4.78 is 23.6. The lowest BCUT2D eigenvalue weighted by Gasteiger charge is -2.24. The van der Waals surface area contributed by atoms with Crippen LogP contribution >= 0.6 is 11.3 Å². The van der Waals surface area contributed by atoms with Crippen molar-refractivity contribution in [3.05, 3.63) is 169 Å². The van der Waals surface area contributed by atoms with Gasteiger partial charge in [0.2, 0.25) is 0 Å². The van der Waals surface area contributed by atoms with Gasteiger partial charge in [-0.1, -0.05) is 102 Å². The first-order valence-corrected chi connectivity index (χ1v) is 16.1. The van der Waals surface area contributed by atoms with Gasteiger partial charge in [0, 0.05) is 11.3 Å². The van der Waals surface area contributed by atoms with Gasteiger partial charge in [-0.2, -0.15) is 0 Å². The van der Waals surface area contributed by atoms with E-state index in [1.807, 2.05) is 60.7 Å². The van der Waals surface area contributed by atoms with Crippen molar-refractivity contribution in [1.29, 1.82) is 0 Å². The predicted molar refractivity (Wildman–Crippen MR) is 183 cm³/mol. The van der Waals surface area contributed by atoms with Crippen molar-refractivity contribution in [2.45, 2.75) is 19.9 Å². The number of carbonyl (C=O) groups is 1. The van der Waals surface area contributed by atoms with Gasteiger partial charge in [-0.25, -0.2) is 14.2 Å². The van der Waals surface area contributed by atoms with Gasteiger partial charge in [-0.15, -0.1) is 0 Å². The molecule has 6 nitrogen and oxygen atoms in total. The Morgan fingerprint density at radius 3 is 2.15 bits per heavy atom. The van der Waals surface area contributed by atoms with Gasteiger partial charge in [0.25, 0.3) is 5.56 Å². The van der Waals surface area contributed by atoms with E-state index in [4.69, 9.17) is 9.73 Å². The van der Waals surface area contributed by atoms with Gasteiger partial charge in [-0.3, -0.25) is 9.36 Å². The molecule has 8 heteroatoms. The number of thiazole rings is 1. The second-order valence-corrected chi connectivity index (χ2v) is 12.1. The van der Waals surface area contributed by atoms with Crippen LogP contribution in [-0.4, -0.2) is 21.7 Å². The molecule has 0 saturated carbocycles. The smallest absolute Gasteiger partial charge is 0.338 e. The number of ether oxygens (including phenoxy) is 1. The Balaban J connectivity index is 1.50. The van der Waals surface area contributed by atoms with Gasteiger partial charge >= 0.3 is 5.97 Å².